The Balaban J connectivity index is 1.59. The molecule has 0 unspecified atom stereocenters. The third-order valence-corrected chi connectivity index (χ3v) is 6.86. The van der Waals surface area contributed by atoms with Gasteiger partial charge in [0.25, 0.3) is 0 Å². The van der Waals surface area contributed by atoms with E-state index < -0.39 is 9.84 Å². The summed E-state index contributed by atoms with van der Waals surface area (Å²) in [6.45, 7) is 3.43. The van der Waals surface area contributed by atoms with Gasteiger partial charge >= 0.3 is 0 Å². The molecule has 3 rings (SSSR count). The van der Waals surface area contributed by atoms with E-state index in [0.29, 0.717) is 13.0 Å². The fourth-order valence-corrected chi connectivity index (χ4v) is 4.92. The summed E-state index contributed by atoms with van der Waals surface area (Å²) >= 11 is 0. The van der Waals surface area contributed by atoms with E-state index in [1.807, 2.05) is 11.0 Å². The average Bonchev–Trinajstić information content (AvgIpc) is 2.77. The van der Waals surface area contributed by atoms with Crippen molar-refractivity contribution >= 4 is 15.7 Å². The highest BCUT2D eigenvalue weighted by Crippen LogP contribution is 2.39. The zero-order valence-electron chi connectivity index (χ0n) is 15.7. The second kappa shape index (κ2) is 8.09. The summed E-state index contributed by atoms with van der Waals surface area (Å²) in [4.78, 5) is 16.8. The summed E-state index contributed by atoms with van der Waals surface area (Å²) in [7, 11) is -3.05. The first-order valence-corrected chi connectivity index (χ1v) is 11.7. The highest BCUT2D eigenvalue weighted by atomic mass is 32.2. The van der Waals surface area contributed by atoms with Crippen LogP contribution in [0.2, 0.25) is 0 Å². The standard InChI is InChI=1S/C20H30N2O3S/c1-26(24,25)17-16-22-19(23)8-11-20(22)10-5-13-21(15-12-20)14-9-18-6-3-2-4-7-18/h2-4,6-7H,5,8-17H2,1H3/t20-/m0/s1. The lowest BCUT2D eigenvalue weighted by atomic mass is 9.88. The third kappa shape index (κ3) is 4.86. The van der Waals surface area contributed by atoms with Crippen molar-refractivity contribution in [1.29, 1.82) is 0 Å². The number of carbonyl (C=O) groups is 1. The molecule has 144 valence electrons. The number of hydrogen-bond acceptors (Lipinski definition) is 4. The van der Waals surface area contributed by atoms with Gasteiger partial charge in [0, 0.05) is 37.8 Å². The fraction of sp³-hybridized carbons (Fsp3) is 0.650. The molecule has 6 heteroatoms. The molecular weight excluding hydrogens is 348 g/mol. The molecule has 1 spiro atoms. The van der Waals surface area contributed by atoms with Gasteiger partial charge in [-0.05, 0) is 44.2 Å². The Morgan fingerprint density at radius 2 is 1.81 bits per heavy atom. The molecule has 0 N–H and O–H groups in total. The van der Waals surface area contributed by atoms with Crippen molar-refractivity contribution in [3.63, 3.8) is 0 Å². The molecule has 2 aliphatic rings. The molecule has 1 aromatic rings. The number of carbonyl (C=O) groups excluding carboxylic acids is 1. The van der Waals surface area contributed by atoms with E-state index in [0.717, 1.165) is 51.7 Å². The fourth-order valence-electron chi connectivity index (χ4n) is 4.40. The molecule has 26 heavy (non-hydrogen) atoms. The van der Waals surface area contributed by atoms with Crippen LogP contribution in [-0.4, -0.2) is 67.9 Å². The van der Waals surface area contributed by atoms with Crippen LogP contribution in [0.4, 0.5) is 0 Å². The molecule has 0 bridgehead atoms. The summed E-state index contributed by atoms with van der Waals surface area (Å²) in [5.74, 6) is 0.199. The highest BCUT2D eigenvalue weighted by molar-refractivity contribution is 7.90. The molecule has 2 saturated heterocycles. The molecule has 2 heterocycles. The number of sulfone groups is 1. The van der Waals surface area contributed by atoms with Gasteiger partial charge in [0.1, 0.15) is 9.84 Å². The van der Waals surface area contributed by atoms with E-state index in [9.17, 15) is 13.2 Å². The Hall–Kier alpha value is -1.40. The largest absolute Gasteiger partial charge is 0.336 e. The van der Waals surface area contributed by atoms with Crippen molar-refractivity contribution in [1.82, 2.24) is 9.80 Å². The molecule has 0 radical (unpaired) electrons. The van der Waals surface area contributed by atoms with Crippen LogP contribution in [0.25, 0.3) is 0 Å². The summed E-state index contributed by atoms with van der Waals surface area (Å²) in [6.07, 6.45) is 6.75. The lowest BCUT2D eigenvalue weighted by molar-refractivity contribution is -0.131. The number of rotatable bonds is 6. The molecular formula is C20H30N2O3S. The number of nitrogens with zero attached hydrogens (tertiary/aromatic N) is 2. The van der Waals surface area contributed by atoms with E-state index in [1.54, 1.807) is 0 Å². The van der Waals surface area contributed by atoms with Crippen LogP contribution in [0, 0.1) is 0 Å². The zero-order chi connectivity index (χ0) is 18.6. The van der Waals surface area contributed by atoms with Crippen molar-refractivity contribution in [2.75, 3.05) is 38.2 Å². The second-order valence-electron chi connectivity index (χ2n) is 7.83. The van der Waals surface area contributed by atoms with E-state index in [4.69, 9.17) is 0 Å². The molecule has 0 saturated carbocycles. The maximum atomic E-state index is 12.4. The van der Waals surface area contributed by atoms with Gasteiger partial charge in [0.05, 0.1) is 5.75 Å². The topological polar surface area (TPSA) is 57.7 Å². The van der Waals surface area contributed by atoms with Gasteiger partial charge in [0.2, 0.25) is 5.91 Å². The van der Waals surface area contributed by atoms with Crippen LogP contribution in [0.3, 0.4) is 0 Å². The third-order valence-electron chi connectivity index (χ3n) is 5.93. The predicted molar refractivity (Wildman–Crippen MR) is 104 cm³/mol. The first-order valence-electron chi connectivity index (χ1n) is 9.62. The van der Waals surface area contributed by atoms with Crippen LogP contribution in [-0.2, 0) is 21.1 Å². The quantitative estimate of drug-likeness (QED) is 0.761. The Labute approximate surface area is 157 Å². The zero-order valence-corrected chi connectivity index (χ0v) is 16.5. The van der Waals surface area contributed by atoms with Gasteiger partial charge < -0.3 is 9.80 Å². The second-order valence-corrected chi connectivity index (χ2v) is 10.1. The Kier molecular flexibility index (Phi) is 6.03. The molecule has 0 aliphatic carbocycles. The minimum absolute atomic E-state index is 0.0677. The van der Waals surface area contributed by atoms with Crippen molar-refractivity contribution < 1.29 is 13.2 Å². The van der Waals surface area contributed by atoms with Crippen LogP contribution < -0.4 is 0 Å². The van der Waals surface area contributed by atoms with Gasteiger partial charge in [-0.2, -0.15) is 0 Å². The van der Waals surface area contributed by atoms with Gasteiger partial charge in [0.15, 0.2) is 0 Å². The molecule has 2 fully saturated rings. The molecule has 1 aromatic carbocycles. The number of likely N-dealkylation sites (tertiary alicyclic amines) is 2. The Morgan fingerprint density at radius 3 is 2.54 bits per heavy atom. The van der Waals surface area contributed by atoms with Crippen molar-refractivity contribution in [3.8, 4) is 0 Å². The van der Waals surface area contributed by atoms with E-state index >= 15 is 0 Å². The van der Waals surface area contributed by atoms with Gasteiger partial charge in [-0.15, -0.1) is 0 Å². The molecule has 1 amide bonds. The number of benzene rings is 1. The normalized spacial score (nSPS) is 25.0. The average molecular weight is 379 g/mol. The lowest BCUT2D eigenvalue weighted by Gasteiger charge is -2.38. The first-order chi connectivity index (χ1) is 12.4. The minimum atomic E-state index is -3.05. The number of amides is 1. The van der Waals surface area contributed by atoms with Crippen LogP contribution >= 0.6 is 0 Å². The predicted octanol–water partition coefficient (Wildman–Crippen LogP) is 2.12. The van der Waals surface area contributed by atoms with E-state index in [2.05, 4.69) is 29.2 Å². The van der Waals surface area contributed by atoms with Crippen LogP contribution in [0.5, 0.6) is 0 Å². The van der Waals surface area contributed by atoms with E-state index in [-0.39, 0.29) is 17.2 Å². The highest BCUT2D eigenvalue weighted by Gasteiger charge is 2.45. The molecule has 2 aliphatic heterocycles. The smallest absolute Gasteiger partial charge is 0.223 e. The molecule has 5 nitrogen and oxygen atoms in total. The van der Waals surface area contributed by atoms with Crippen molar-refractivity contribution in [2.24, 2.45) is 0 Å². The summed E-state index contributed by atoms with van der Waals surface area (Å²) in [5.41, 5.74) is 1.24. The van der Waals surface area contributed by atoms with Crippen LogP contribution in [0.15, 0.2) is 30.3 Å². The molecule has 1 atom stereocenters. The maximum absolute atomic E-state index is 12.4. The van der Waals surface area contributed by atoms with Gasteiger partial charge in [-0.1, -0.05) is 30.3 Å². The molecule has 0 aromatic heterocycles. The summed E-state index contributed by atoms with van der Waals surface area (Å²) < 4.78 is 23.1. The maximum Gasteiger partial charge on any atom is 0.223 e. The Morgan fingerprint density at radius 1 is 1.04 bits per heavy atom. The lowest BCUT2D eigenvalue weighted by Crippen LogP contribution is -2.48. The number of hydrogen-bond donors (Lipinski definition) is 0. The summed E-state index contributed by atoms with van der Waals surface area (Å²) in [6, 6.07) is 10.5. The SMILES string of the molecule is CS(=O)(=O)CCN1C(=O)CC[C@]12CCCN(CCc1ccccc1)CC2. The first kappa shape index (κ1) is 19.4. The van der Waals surface area contributed by atoms with Crippen LogP contribution in [0.1, 0.15) is 37.7 Å². The Bertz CT molecular complexity index is 720. The van der Waals surface area contributed by atoms with Crippen molar-refractivity contribution in [2.45, 2.75) is 44.1 Å². The van der Waals surface area contributed by atoms with Crippen molar-refractivity contribution in [3.05, 3.63) is 35.9 Å². The van der Waals surface area contributed by atoms with E-state index in [1.165, 1.54) is 11.8 Å². The monoisotopic (exact) mass is 378 g/mol. The van der Waals surface area contributed by atoms with Gasteiger partial charge in [-0.25, -0.2) is 8.42 Å². The summed E-state index contributed by atoms with van der Waals surface area (Å²) in [5, 5.41) is 0. The minimum Gasteiger partial charge on any atom is -0.336 e. The van der Waals surface area contributed by atoms with Gasteiger partial charge in [-0.3, -0.25) is 4.79 Å².